The molecule has 3 aromatic carbocycles. The van der Waals surface area contributed by atoms with E-state index in [1.165, 1.54) is 22.9 Å². The van der Waals surface area contributed by atoms with E-state index < -0.39 is 0 Å². The summed E-state index contributed by atoms with van der Waals surface area (Å²) >= 11 is 0. The summed E-state index contributed by atoms with van der Waals surface area (Å²) in [7, 11) is 0. The topological polar surface area (TPSA) is 118 Å². The molecular weight excluding hydrogens is 468 g/mol. The van der Waals surface area contributed by atoms with E-state index in [2.05, 4.69) is 20.4 Å². The summed E-state index contributed by atoms with van der Waals surface area (Å²) in [4.78, 5) is 21.7. The van der Waals surface area contributed by atoms with Gasteiger partial charge in [-0.15, -0.1) is 0 Å². The Labute approximate surface area is 211 Å². The van der Waals surface area contributed by atoms with Crippen molar-refractivity contribution < 1.29 is 15.0 Å². The molecule has 9 heteroatoms. The molecule has 3 heterocycles. The lowest BCUT2D eigenvalue weighted by molar-refractivity contribution is 0.102. The zero-order valence-electron chi connectivity index (χ0n) is 19.6. The third kappa shape index (κ3) is 4.34. The van der Waals surface area contributed by atoms with Crippen molar-refractivity contribution in [2.75, 3.05) is 5.32 Å². The van der Waals surface area contributed by atoms with Gasteiger partial charge in [0, 0.05) is 17.5 Å². The Bertz CT molecular complexity index is 1730. The minimum Gasteiger partial charge on any atom is -0.494 e. The van der Waals surface area contributed by atoms with Crippen LogP contribution in [-0.4, -0.2) is 40.4 Å². The Balaban J connectivity index is 1.24. The second kappa shape index (κ2) is 9.12. The Morgan fingerprint density at radius 1 is 0.784 bits per heavy atom. The second-order valence-electron chi connectivity index (χ2n) is 8.67. The molecule has 3 N–H and O–H groups in total. The van der Waals surface area contributed by atoms with Gasteiger partial charge in [0.05, 0.1) is 35.8 Å². The van der Waals surface area contributed by atoms with E-state index in [1.54, 1.807) is 0 Å². The van der Waals surface area contributed by atoms with Gasteiger partial charge in [-0.2, -0.15) is 5.10 Å². The molecule has 37 heavy (non-hydrogen) atoms. The molecule has 0 saturated carbocycles. The van der Waals surface area contributed by atoms with Crippen LogP contribution < -0.4 is 5.32 Å². The first kappa shape index (κ1) is 22.3. The standard InChI is InChI=1S/C28H22N6O3/c35-25-13-14-26(36)33(25)16-18-9-11-19(12-10-18)17-34-24-8-4-1-5-20(24)27(32-34)31-28(37)23-15-29-21-6-2-3-7-22(21)30-23/h1-15,35-36H,16-17H2,(H,31,32,37). The quantitative estimate of drug-likeness (QED) is 0.315. The van der Waals surface area contributed by atoms with Gasteiger partial charge in [0.15, 0.2) is 17.6 Å². The summed E-state index contributed by atoms with van der Waals surface area (Å²) < 4.78 is 3.26. The average molecular weight is 491 g/mol. The molecule has 0 fully saturated rings. The second-order valence-corrected chi connectivity index (χ2v) is 8.67. The molecule has 0 aliphatic rings. The Hall–Kier alpha value is -5.18. The van der Waals surface area contributed by atoms with Gasteiger partial charge in [0.1, 0.15) is 5.69 Å². The van der Waals surface area contributed by atoms with Crippen LogP contribution in [0.3, 0.4) is 0 Å². The highest BCUT2D eigenvalue weighted by molar-refractivity contribution is 6.07. The van der Waals surface area contributed by atoms with Gasteiger partial charge in [0.25, 0.3) is 5.91 Å². The van der Waals surface area contributed by atoms with E-state index in [4.69, 9.17) is 0 Å². The van der Waals surface area contributed by atoms with Gasteiger partial charge in [-0.1, -0.05) is 48.5 Å². The van der Waals surface area contributed by atoms with Crippen LogP contribution in [0.2, 0.25) is 0 Å². The Morgan fingerprint density at radius 3 is 2.19 bits per heavy atom. The van der Waals surface area contributed by atoms with E-state index in [1.807, 2.05) is 77.5 Å². The van der Waals surface area contributed by atoms with Crippen molar-refractivity contribution in [3.05, 3.63) is 108 Å². The molecule has 0 unspecified atom stereocenters. The number of carbonyl (C=O) groups excluding carboxylic acids is 1. The lowest BCUT2D eigenvalue weighted by Crippen LogP contribution is -2.15. The fourth-order valence-corrected chi connectivity index (χ4v) is 4.29. The molecule has 9 nitrogen and oxygen atoms in total. The average Bonchev–Trinajstić information content (AvgIpc) is 3.43. The Morgan fingerprint density at radius 2 is 1.43 bits per heavy atom. The number of hydrogen-bond donors (Lipinski definition) is 3. The molecule has 0 radical (unpaired) electrons. The third-order valence-corrected chi connectivity index (χ3v) is 6.20. The van der Waals surface area contributed by atoms with Gasteiger partial charge in [-0.05, 0) is 35.4 Å². The number of nitrogens with zero attached hydrogens (tertiary/aromatic N) is 5. The maximum Gasteiger partial charge on any atom is 0.277 e. The van der Waals surface area contributed by atoms with E-state index in [9.17, 15) is 15.0 Å². The van der Waals surface area contributed by atoms with Crippen molar-refractivity contribution in [1.29, 1.82) is 0 Å². The zero-order valence-corrected chi connectivity index (χ0v) is 19.6. The van der Waals surface area contributed by atoms with Gasteiger partial charge < -0.3 is 15.5 Å². The van der Waals surface area contributed by atoms with Crippen molar-refractivity contribution >= 4 is 33.7 Å². The van der Waals surface area contributed by atoms with Crippen LogP contribution in [-0.2, 0) is 13.1 Å². The molecule has 182 valence electrons. The number of carbonyl (C=O) groups is 1. The van der Waals surface area contributed by atoms with Gasteiger partial charge in [0.2, 0.25) is 0 Å². The molecule has 0 saturated heterocycles. The number of aromatic nitrogens is 5. The highest BCUT2D eigenvalue weighted by Gasteiger charge is 2.16. The normalized spacial score (nSPS) is 11.2. The van der Waals surface area contributed by atoms with E-state index in [-0.39, 0.29) is 23.4 Å². The van der Waals surface area contributed by atoms with Crippen LogP contribution in [0.4, 0.5) is 5.82 Å². The summed E-state index contributed by atoms with van der Waals surface area (Å²) in [5.74, 6) is 0.0860. The van der Waals surface area contributed by atoms with E-state index in [0.29, 0.717) is 24.4 Å². The number of benzene rings is 3. The summed E-state index contributed by atoms with van der Waals surface area (Å²) in [6.45, 7) is 0.843. The number of hydrogen-bond acceptors (Lipinski definition) is 6. The number of para-hydroxylation sites is 3. The molecule has 0 spiro atoms. The van der Waals surface area contributed by atoms with Crippen LogP contribution >= 0.6 is 0 Å². The highest BCUT2D eigenvalue weighted by atomic mass is 16.3. The van der Waals surface area contributed by atoms with Crippen LogP contribution in [0.15, 0.2) is 91.1 Å². The minimum absolute atomic E-state index is 0.00818. The molecule has 1 amide bonds. The predicted molar refractivity (Wildman–Crippen MR) is 140 cm³/mol. The summed E-state index contributed by atoms with van der Waals surface area (Å²) in [6.07, 6.45) is 1.46. The summed E-state index contributed by atoms with van der Waals surface area (Å²) in [5, 5.41) is 28.2. The summed E-state index contributed by atoms with van der Waals surface area (Å²) in [5.41, 5.74) is 4.41. The van der Waals surface area contributed by atoms with Crippen molar-refractivity contribution in [2.45, 2.75) is 13.1 Å². The number of anilines is 1. The van der Waals surface area contributed by atoms with Crippen molar-refractivity contribution in [3.63, 3.8) is 0 Å². The van der Waals surface area contributed by atoms with Crippen LogP contribution in [0.25, 0.3) is 21.9 Å². The van der Waals surface area contributed by atoms with Crippen molar-refractivity contribution in [1.82, 2.24) is 24.3 Å². The monoisotopic (exact) mass is 490 g/mol. The molecular formula is C28H22N6O3. The lowest BCUT2D eigenvalue weighted by atomic mass is 10.1. The predicted octanol–water partition coefficient (Wildman–Crippen LogP) is 4.54. The summed E-state index contributed by atoms with van der Waals surface area (Å²) in [6, 6.07) is 25.9. The number of nitrogens with one attached hydrogen (secondary N) is 1. The maximum atomic E-state index is 13.0. The number of aromatic hydroxyl groups is 2. The molecule has 0 bridgehead atoms. The maximum absolute atomic E-state index is 13.0. The molecule has 0 atom stereocenters. The lowest BCUT2D eigenvalue weighted by Gasteiger charge is -2.09. The van der Waals surface area contributed by atoms with Crippen LogP contribution in [0.5, 0.6) is 11.8 Å². The molecule has 0 aliphatic heterocycles. The SMILES string of the molecule is O=C(Nc1nn(Cc2ccc(Cn3c(O)ccc3O)cc2)c2ccccc12)c1cnc2ccccc2n1. The van der Waals surface area contributed by atoms with Crippen LogP contribution in [0, 0.1) is 0 Å². The number of rotatable bonds is 6. The number of amides is 1. The largest absolute Gasteiger partial charge is 0.494 e. The molecule has 3 aromatic heterocycles. The van der Waals surface area contributed by atoms with Crippen molar-refractivity contribution in [3.8, 4) is 11.8 Å². The highest BCUT2D eigenvalue weighted by Crippen LogP contribution is 2.25. The number of fused-ring (bicyclic) bond motifs is 2. The van der Waals surface area contributed by atoms with Crippen LogP contribution in [0.1, 0.15) is 21.6 Å². The van der Waals surface area contributed by atoms with Gasteiger partial charge >= 0.3 is 0 Å². The third-order valence-electron chi connectivity index (χ3n) is 6.20. The van der Waals surface area contributed by atoms with E-state index >= 15 is 0 Å². The molecule has 0 aliphatic carbocycles. The molecule has 6 rings (SSSR count). The smallest absolute Gasteiger partial charge is 0.277 e. The minimum atomic E-state index is -0.380. The first-order valence-corrected chi connectivity index (χ1v) is 11.7. The van der Waals surface area contributed by atoms with Crippen molar-refractivity contribution in [2.24, 2.45) is 0 Å². The zero-order chi connectivity index (χ0) is 25.4. The fourth-order valence-electron chi connectivity index (χ4n) is 4.29. The van der Waals surface area contributed by atoms with Gasteiger partial charge in [-0.3, -0.25) is 19.0 Å². The Kier molecular flexibility index (Phi) is 5.49. The first-order valence-electron chi connectivity index (χ1n) is 11.7. The van der Waals surface area contributed by atoms with Gasteiger partial charge in [-0.25, -0.2) is 4.98 Å². The first-order chi connectivity index (χ1) is 18.0. The fraction of sp³-hybridized carbons (Fsp3) is 0.0714. The molecule has 6 aromatic rings. The van der Waals surface area contributed by atoms with E-state index in [0.717, 1.165) is 27.5 Å².